The van der Waals surface area contributed by atoms with Gasteiger partial charge in [0.25, 0.3) is 0 Å². The predicted octanol–water partition coefficient (Wildman–Crippen LogP) is 2.64. The van der Waals surface area contributed by atoms with E-state index in [1.807, 2.05) is 26.1 Å². The third kappa shape index (κ3) is 3.55. The van der Waals surface area contributed by atoms with Gasteiger partial charge in [-0.15, -0.1) is 0 Å². The van der Waals surface area contributed by atoms with E-state index in [9.17, 15) is 4.39 Å². The van der Waals surface area contributed by atoms with Gasteiger partial charge in [-0.2, -0.15) is 0 Å². The monoisotopic (exact) mass is 291 g/mol. The van der Waals surface area contributed by atoms with Gasteiger partial charge in [-0.3, -0.25) is 4.90 Å². The summed E-state index contributed by atoms with van der Waals surface area (Å²) in [7, 11) is 1.90. The number of nitrogens with one attached hydrogen (secondary N) is 1. The van der Waals surface area contributed by atoms with Crippen LogP contribution in [0.1, 0.15) is 31.4 Å². The topological polar surface area (TPSA) is 18.5 Å². The average Bonchev–Trinajstić information content (AvgIpc) is 3.31. The first-order valence-corrected chi connectivity index (χ1v) is 8.11. The summed E-state index contributed by atoms with van der Waals surface area (Å²) in [6.45, 7) is 7.28. The molecule has 0 radical (unpaired) electrons. The Labute approximate surface area is 127 Å². The second kappa shape index (κ2) is 6.32. The first kappa shape index (κ1) is 14.8. The van der Waals surface area contributed by atoms with Crippen molar-refractivity contribution in [1.29, 1.82) is 0 Å². The fraction of sp³-hybridized carbons (Fsp3) is 0.647. The lowest BCUT2D eigenvalue weighted by Crippen LogP contribution is -2.47. The Morgan fingerprint density at radius 1 is 1.24 bits per heavy atom. The summed E-state index contributed by atoms with van der Waals surface area (Å²) >= 11 is 0. The molecule has 0 spiro atoms. The molecular formula is C17H26FN3. The average molecular weight is 291 g/mol. The highest BCUT2D eigenvalue weighted by Gasteiger charge is 2.27. The maximum Gasteiger partial charge on any atom is 0.146 e. The van der Waals surface area contributed by atoms with Gasteiger partial charge in [-0.05, 0) is 50.4 Å². The molecule has 2 aliphatic rings. The zero-order valence-corrected chi connectivity index (χ0v) is 13.1. The highest BCUT2D eigenvalue weighted by molar-refractivity contribution is 5.50. The first-order chi connectivity index (χ1) is 10.2. The van der Waals surface area contributed by atoms with Gasteiger partial charge < -0.3 is 10.2 Å². The van der Waals surface area contributed by atoms with Crippen LogP contribution < -0.4 is 10.2 Å². The number of hydrogen-bond donors (Lipinski definition) is 1. The van der Waals surface area contributed by atoms with Crippen molar-refractivity contribution < 1.29 is 4.39 Å². The van der Waals surface area contributed by atoms with Crippen molar-refractivity contribution in [2.24, 2.45) is 5.92 Å². The van der Waals surface area contributed by atoms with E-state index in [-0.39, 0.29) is 11.9 Å². The maximum atomic E-state index is 14.4. The molecule has 1 N–H and O–H groups in total. The summed E-state index contributed by atoms with van der Waals surface area (Å²) in [5.74, 6) is 0.848. The highest BCUT2D eigenvalue weighted by Crippen LogP contribution is 2.30. The van der Waals surface area contributed by atoms with E-state index in [1.54, 1.807) is 6.07 Å². The van der Waals surface area contributed by atoms with Crippen LogP contribution in [-0.4, -0.2) is 44.7 Å². The van der Waals surface area contributed by atoms with Crippen molar-refractivity contribution in [1.82, 2.24) is 10.2 Å². The van der Waals surface area contributed by atoms with Crippen LogP contribution in [0.2, 0.25) is 0 Å². The zero-order chi connectivity index (χ0) is 14.8. The van der Waals surface area contributed by atoms with Crippen LogP contribution in [0.15, 0.2) is 18.2 Å². The van der Waals surface area contributed by atoms with E-state index in [0.29, 0.717) is 0 Å². The van der Waals surface area contributed by atoms with Crippen LogP contribution in [0.25, 0.3) is 0 Å². The van der Waals surface area contributed by atoms with Gasteiger partial charge in [0.2, 0.25) is 0 Å². The molecule has 0 bridgehead atoms. The van der Waals surface area contributed by atoms with Crippen LogP contribution in [0.4, 0.5) is 10.1 Å². The van der Waals surface area contributed by atoms with Crippen LogP contribution in [-0.2, 0) is 0 Å². The van der Waals surface area contributed by atoms with E-state index < -0.39 is 0 Å². The van der Waals surface area contributed by atoms with Gasteiger partial charge in [-0.1, -0.05) is 6.07 Å². The van der Waals surface area contributed by atoms with Crippen molar-refractivity contribution in [2.75, 3.05) is 44.7 Å². The minimum atomic E-state index is -0.0924. The number of halogens is 1. The molecule has 1 aliphatic carbocycles. The Morgan fingerprint density at radius 3 is 2.52 bits per heavy atom. The molecule has 1 saturated heterocycles. The van der Waals surface area contributed by atoms with Gasteiger partial charge in [0, 0.05) is 38.8 Å². The normalized spacial score (nSPS) is 21.6. The Hall–Kier alpha value is -1.13. The smallest absolute Gasteiger partial charge is 0.146 e. The van der Waals surface area contributed by atoms with Gasteiger partial charge in [0.05, 0.1) is 5.69 Å². The summed E-state index contributed by atoms with van der Waals surface area (Å²) in [6.07, 6.45) is 2.81. The quantitative estimate of drug-likeness (QED) is 0.900. The fourth-order valence-electron chi connectivity index (χ4n) is 3.05. The van der Waals surface area contributed by atoms with Gasteiger partial charge in [-0.25, -0.2) is 4.39 Å². The molecule has 2 fully saturated rings. The molecule has 1 unspecified atom stereocenters. The molecule has 21 heavy (non-hydrogen) atoms. The number of hydrogen-bond acceptors (Lipinski definition) is 3. The summed E-state index contributed by atoms with van der Waals surface area (Å²) < 4.78 is 14.4. The van der Waals surface area contributed by atoms with Crippen molar-refractivity contribution in [3.05, 3.63) is 29.6 Å². The molecular weight excluding hydrogens is 265 g/mol. The molecule has 1 aliphatic heterocycles. The molecule has 1 atom stereocenters. The lowest BCUT2D eigenvalue weighted by molar-refractivity contribution is 0.247. The van der Waals surface area contributed by atoms with Crippen LogP contribution >= 0.6 is 0 Å². The molecule has 1 aromatic rings. The Bertz CT molecular complexity index is 479. The SMILES string of the molecule is CNC(C)c1ccc(N2CCN(CC3CC3)CC2)c(F)c1. The molecule has 116 valence electrons. The van der Waals surface area contributed by atoms with Gasteiger partial charge >= 0.3 is 0 Å². The Balaban J connectivity index is 1.61. The first-order valence-electron chi connectivity index (χ1n) is 8.11. The van der Waals surface area contributed by atoms with Crippen LogP contribution in [0, 0.1) is 11.7 Å². The number of anilines is 1. The van der Waals surface area contributed by atoms with Crippen molar-refractivity contribution >= 4 is 5.69 Å². The van der Waals surface area contributed by atoms with E-state index in [1.165, 1.54) is 19.4 Å². The van der Waals surface area contributed by atoms with Crippen molar-refractivity contribution in [3.8, 4) is 0 Å². The Kier molecular flexibility index (Phi) is 4.45. The van der Waals surface area contributed by atoms with Crippen molar-refractivity contribution in [3.63, 3.8) is 0 Å². The minimum Gasteiger partial charge on any atom is -0.367 e. The highest BCUT2D eigenvalue weighted by atomic mass is 19.1. The molecule has 1 saturated carbocycles. The van der Waals surface area contributed by atoms with Crippen LogP contribution in [0.3, 0.4) is 0 Å². The third-order valence-corrected chi connectivity index (χ3v) is 4.83. The predicted molar refractivity (Wildman–Crippen MR) is 85.3 cm³/mol. The number of rotatable bonds is 5. The lowest BCUT2D eigenvalue weighted by atomic mass is 10.1. The summed E-state index contributed by atoms with van der Waals surface area (Å²) in [5, 5.41) is 3.15. The molecule has 0 aromatic heterocycles. The second-order valence-corrected chi connectivity index (χ2v) is 6.45. The summed E-state index contributed by atoms with van der Waals surface area (Å²) in [4.78, 5) is 4.72. The molecule has 0 amide bonds. The number of nitrogens with zero attached hydrogens (tertiary/aromatic N) is 2. The maximum absolute atomic E-state index is 14.4. The summed E-state index contributed by atoms with van der Waals surface area (Å²) in [6, 6.07) is 5.84. The largest absolute Gasteiger partial charge is 0.367 e. The van der Waals surface area contributed by atoms with Crippen LogP contribution in [0.5, 0.6) is 0 Å². The minimum absolute atomic E-state index is 0.0924. The zero-order valence-electron chi connectivity index (χ0n) is 13.1. The fourth-order valence-corrected chi connectivity index (χ4v) is 3.05. The Morgan fingerprint density at radius 2 is 1.95 bits per heavy atom. The van der Waals surface area contributed by atoms with Gasteiger partial charge in [0.1, 0.15) is 5.82 Å². The number of piperazine rings is 1. The van der Waals surface area contributed by atoms with E-state index >= 15 is 0 Å². The van der Waals surface area contributed by atoms with Gasteiger partial charge in [0.15, 0.2) is 0 Å². The summed E-state index contributed by atoms with van der Waals surface area (Å²) in [5.41, 5.74) is 1.76. The van der Waals surface area contributed by atoms with E-state index in [0.717, 1.165) is 43.3 Å². The third-order valence-electron chi connectivity index (χ3n) is 4.83. The van der Waals surface area contributed by atoms with E-state index in [2.05, 4.69) is 15.1 Å². The molecule has 1 aromatic carbocycles. The molecule has 3 rings (SSSR count). The standard InChI is InChI=1S/C17H26FN3/c1-13(19-2)15-5-6-17(16(18)11-15)21-9-7-20(8-10-21)12-14-3-4-14/h5-6,11,13-14,19H,3-4,7-10,12H2,1-2H3. The molecule has 1 heterocycles. The number of benzene rings is 1. The lowest BCUT2D eigenvalue weighted by Gasteiger charge is -2.36. The second-order valence-electron chi connectivity index (χ2n) is 6.45. The molecule has 4 heteroatoms. The molecule has 3 nitrogen and oxygen atoms in total. The van der Waals surface area contributed by atoms with E-state index in [4.69, 9.17) is 0 Å². The van der Waals surface area contributed by atoms with Crippen molar-refractivity contribution in [2.45, 2.75) is 25.8 Å².